The van der Waals surface area contributed by atoms with Gasteiger partial charge in [0.05, 0.1) is 17.0 Å². The molecule has 31 heavy (non-hydrogen) atoms. The van der Waals surface area contributed by atoms with Gasteiger partial charge in [-0.2, -0.15) is 9.40 Å². The quantitative estimate of drug-likeness (QED) is 0.639. The first kappa shape index (κ1) is 21.3. The lowest BCUT2D eigenvalue weighted by Crippen LogP contribution is -2.39. The average molecular weight is 439 g/mol. The summed E-state index contributed by atoms with van der Waals surface area (Å²) in [6, 6.07) is 15.9. The molecule has 2 heterocycles. The number of anilines is 1. The molecular formula is C23H26N4O3S. The van der Waals surface area contributed by atoms with Crippen LogP contribution in [0.3, 0.4) is 0 Å². The Bertz CT molecular complexity index is 1120. The summed E-state index contributed by atoms with van der Waals surface area (Å²) >= 11 is 0. The second-order valence-corrected chi connectivity index (χ2v) is 9.91. The Kier molecular flexibility index (Phi) is 6.20. The standard InChI is InChI=1S/C23H26N4O3S/c1-18-4-2-14-26(17-18)31(29,30)22-11-7-20(8-12-22)25-23(28)16-19-5-9-21(10-6-19)27-15-3-13-24-27/h3,5-13,15,18H,2,4,14,16-17H2,1H3,(H,25,28). The molecule has 0 radical (unpaired) electrons. The molecule has 1 aliphatic rings. The van der Waals surface area contributed by atoms with Crippen LogP contribution in [0, 0.1) is 5.92 Å². The molecule has 0 saturated carbocycles. The molecule has 1 atom stereocenters. The monoisotopic (exact) mass is 438 g/mol. The summed E-state index contributed by atoms with van der Waals surface area (Å²) in [4.78, 5) is 12.7. The number of benzene rings is 2. The minimum absolute atomic E-state index is 0.160. The van der Waals surface area contributed by atoms with Gasteiger partial charge in [0.25, 0.3) is 0 Å². The lowest BCUT2D eigenvalue weighted by molar-refractivity contribution is -0.115. The maximum Gasteiger partial charge on any atom is 0.243 e. The molecule has 1 unspecified atom stereocenters. The zero-order valence-corrected chi connectivity index (χ0v) is 18.3. The number of hydrogen-bond acceptors (Lipinski definition) is 4. The number of piperidine rings is 1. The van der Waals surface area contributed by atoms with Gasteiger partial charge in [0.1, 0.15) is 0 Å². The summed E-state index contributed by atoms with van der Waals surface area (Å²) in [7, 11) is -3.50. The molecule has 0 aliphatic carbocycles. The van der Waals surface area contributed by atoms with E-state index in [2.05, 4.69) is 17.3 Å². The smallest absolute Gasteiger partial charge is 0.243 e. The van der Waals surface area contributed by atoms with Gasteiger partial charge < -0.3 is 5.32 Å². The first-order chi connectivity index (χ1) is 14.9. The van der Waals surface area contributed by atoms with E-state index >= 15 is 0 Å². The maximum atomic E-state index is 12.9. The van der Waals surface area contributed by atoms with Crippen molar-refractivity contribution in [1.82, 2.24) is 14.1 Å². The molecule has 2 aromatic carbocycles. The fourth-order valence-corrected chi connectivity index (χ4v) is 5.40. The van der Waals surface area contributed by atoms with Crippen LogP contribution in [0.1, 0.15) is 25.3 Å². The lowest BCUT2D eigenvalue weighted by Gasteiger charge is -2.30. The van der Waals surface area contributed by atoms with E-state index in [1.807, 2.05) is 36.5 Å². The summed E-state index contributed by atoms with van der Waals surface area (Å²) in [5.74, 6) is 0.211. The highest BCUT2D eigenvalue weighted by Gasteiger charge is 2.28. The number of carbonyl (C=O) groups excluding carboxylic acids is 1. The molecule has 162 valence electrons. The van der Waals surface area contributed by atoms with E-state index in [4.69, 9.17) is 0 Å². The van der Waals surface area contributed by atoms with E-state index in [1.54, 1.807) is 39.4 Å². The number of nitrogens with one attached hydrogen (secondary N) is 1. The molecular weight excluding hydrogens is 412 g/mol. The topological polar surface area (TPSA) is 84.3 Å². The van der Waals surface area contributed by atoms with E-state index in [0.717, 1.165) is 24.1 Å². The van der Waals surface area contributed by atoms with Crippen molar-refractivity contribution >= 4 is 21.6 Å². The summed E-state index contributed by atoms with van der Waals surface area (Å²) in [6.07, 6.45) is 5.74. The fraction of sp³-hybridized carbons (Fsp3) is 0.304. The molecule has 1 aliphatic heterocycles. The van der Waals surface area contributed by atoms with Crippen LogP contribution in [0.4, 0.5) is 5.69 Å². The first-order valence-electron chi connectivity index (χ1n) is 10.4. The van der Waals surface area contributed by atoms with Gasteiger partial charge in [-0.1, -0.05) is 19.1 Å². The molecule has 7 nitrogen and oxygen atoms in total. The maximum absolute atomic E-state index is 12.9. The van der Waals surface area contributed by atoms with Crippen molar-refractivity contribution < 1.29 is 13.2 Å². The van der Waals surface area contributed by atoms with Crippen LogP contribution in [0.5, 0.6) is 0 Å². The van der Waals surface area contributed by atoms with Crippen LogP contribution in [0.15, 0.2) is 71.9 Å². The van der Waals surface area contributed by atoms with Crippen molar-refractivity contribution in [3.8, 4) is 5.69 Å². The van der Waals surface area contributed by atoms with Crippen LogP contribution in [0.2, 0.25) is 0 Å². The van der Waals surface area contributed by atoms with Crippen molar-refractivity contribution in [2.45, 2.75) is 31.1 Å². The molecule has 3 aromatic rings. The molecule has 0 bridgehead atoms. The van der Waals surface area contributed by atoms with Gasteiger partial charge >= 0.3 is 0 Å². The van der Waals surface area contributed by atoms with Gasteiger partial charge in [-0.05, 0) is 66.8 Å². The minimum Gasteiger partial charge on any atom is -0.326 e. The van der Waals surface area contributed by atoms with Gasteiger partial charge in [-0.25, -0.2) is 13.1 Å². The number of hydrogen-bond donors (Lipinski definition) is 1. The summed E-state index contributed by atoms with van der Waals surface area (Å²) < 4.78 is 29.0. The molecule has 1 fully saturated rings. The Morgan fingerprint density at radius 3 is 2.52 bits per heavy atom. The normalized spacial score (nSPS) is 17.4. The van der Waals surface area contributed by atoms with Gasteiger partial charge in [0.2, 0.25) is 15.9 Å². The number of sulfonamides is 1. The highest BCUT2D eigenvalue weighted by molar-refractivity contribution is 7.89. The largest absolute Gasteiger partial charge is 0.326 e. The Balaban J connectivity index is 1.37. The highest BCUT2D eigenvalue weighted by atomic mass is 32.2. The van der Waals surface area contributed by atoms with Crippen LogP contribution in [0.25, 0.3) is 5.69 Å². The van der Waals surface area contributed by atoms with Crippen molar-refractivity contribution in [3.05, 3.63) is 72.6 Å². The SMILES string of the molecule is CC1CCCN(S(=O)(=O)c2ccc(NC(=O)Cc3ccc(-n4cccn4)cc3)cc2)C1. The van der Waals surface area contributed by atoms with E-state index in [0.29, 0.717) is 24.7 Å². The number of carbonyl (C=O) groups is 1. The average Bonchev–Trinajstić information content (AvgIpc) is 3.29. The lowest BCUT2D eigenvalue weighted by atomic mass is 10.0. The predicted molar refractivity (Wildman–Crippen MR) is 119 cm³/mol. The minimum atomic E-state index is -3.50. The first-order valence-corrected chi connectivity index (χ1v) is 11.8. The van der Waals surface area contributed by atoms with Gasteiger partial charge in [-0.3, -0.25) is 4.79 Å². The molecule has 8 heteroatoms. The van der Waals surface area contributed by atoms with E-state index in [1.165, 1.54) is 0 Å². The predicted octanol–water partition coefficient (Wildman–Crippen LogP) is 3.47. The Hall–Kier alpha value is -2.97. The van der Waals surface area contributed by atoms with Crippen LogP contribution < -0.4 is 5.32 Å². The van der Waals surface area contributed by atoms with Crippen molar-refractivity contribution in [2.24, 2.45) is 5.92 Å². The van der Waals surface area contributed by atoms with Crippen LogP contribution in [-0.4, -0.2) is 41.5 Å². The number of amides is 1. The third-order valence-electron chi connectivity index (χ3n) is 5.47. The third-order valence-corrected chi connectivity index (χ3v) is 7.34. The van der Waals surface area contributed by atoms with E-state index in [-0.39, 0.29) is 17.2 Å². The van der Waals surface area contributed by atoms with Crippen molar-refractivity contribution in [3.63, 3.8) is 0 Å². The summed E-state index contributed by atoms with van der Waals surface area (Å²) in [5, 5.41) is 7.02. The Morgan fingerprint density at radius 1 is 1.13 bits per heavy atom. The van der Waals surface area contributed by atoms with Gasteiger partial charge in [-0.15, -0.1) is 0 Å². The second-order valence-electron chi connectivity index (χ2n) is 7.98. The molecule has 1 saturated heterocycles. The fourth-order valence-electron chi connectivity index (χ4n) is 3.80. The zero-order valence-electron chi connectivity index (χ0n) is 17.4. The molecule has 4 rings (SSSR count). The van der Waals surface area contributed by atoms with Crippen molar-refractivity contribution in [1.29, 1.82) is 0 Å². The summed E-state index contributed by atoms with van der Waals surface area (Å²) in [5.41, 5.74) is 2.38. The summed E-state index contributed by atoms with van der Waals surface area (Å²) in [6.45, 7) is 3.19. The van der Waals surface area contributed by atoms with E-state index in [9.17, 15) is 13.2 Å². The molecule has 1 amide bonds. The zero-order chi connectivity index (χ0) is 21.8. The van der Waals surface area contributed by atoms with Crippen LogP contribution in [-0.2, 0) is 21.2 Å². The third kappa shape index (κ3) is 5.03. The van der Waals surface area contributed by atoms with Crippen LogP contribution >= 0.6 is 0 Å². The Morgan fingerprint density at radius 2 is 1.87 bits per heavy atom. The van der Waals surface area contributed by atoms with Crippen molar-refractivity contribution in [2.75, 3.05) is 18.4 Å². The highest BCUT2D eigenvalue weighted by Crippen LogP contribution is 2.24. The molecule has 1 aromatic heterocycles. The molecule has 0 spiro atoms. The number of rotatable bonds is 6. The molecule has 1 N–H and O–H groups in total. The van der Waals surface area contributed by atoms with Gasteiger partial charge in [0, 0.05) is 31.2 Å². The van der Waals surface area contributed by atoms with Gasteiger partial charge in [0.15, 0.2) is 0 Å². The number of aromatic nitrogens is 2. The second kappa shape index (κ2) is 9.03. The Labute approximate surface area is 182 Å². The number of nitrogens with zero attached hydrogens (tertiary/aromatic N) is 3. The van der Waals surface area contributed by atoms with E-state index < -0.39 is 10.0 Å².